The number of likely N-dealkylation sites (tertiary alicyclic amines) is 1. The molecule has 0 amide bonds. The normalized spacial score (nSPS) is 14.0. The highest BCUT2D eigenvalue weighted by atomic mass is 32.1. The van der Waals surface area contributed by atoms with Crippen LogP contribution in [0.15, 0.2) is 152 Å². The van der Waals surface area contributed by atoms with Gasteiger partial charge >= 0.3 is 12.1 Å². The number of benzene rings is 4. The van der Waals surface area contributed by atoms with Gasteiger partial charge < -0.3 is 72.1 Å². The molecule has 0 bridgehead atoms. The number of carbonyl (C=O) groups is 6. The zero-order chi connectivity index (χ0) is 94.8. The van der Waals surface area contributed by atoms with Crippen molar-refractivity contribution in [2.24, 2.45) is 17.6 Å². The monoisotopic (exact) mass is 1920 g/mol. The van der Waals surface area contributed by atoms with Crippen LogP contribution in [0.2, 0.25) is 0 Å². The number of carboxylic acid groups (broad SMARTS) is 1. The number of alkyl halides is 3. The van der Waals surface area contributed by atoms with E-state index in [0.717, 1.165) is 200 Å². The predicted molar refractivity (Wildman–Crippen MR) is 505 cm³/mol. The first-order valence-electron chi connectivity index (χ1n) is 43.1. The van der Waals surface area contributed by atoms with Crippen LogP contribution in [0, 0.1) is 69.7 Å². The van der Waals surface area contributed by atoms with E-state index in [0.29, 0.717) is 85.7 Å². The molecule has 0 saturated carbocycles. The molecule has 11 aromatic heterocycles. The van der Waals surface area contributed by atoms with Crippen LogP contribution in [-0.2, 0) is 47.0 Å². The number of thiophene rings is 5. The number of rotatable bonds is 27. The first-order chi connectivity index (χ1) is 63.8. The number of aromatic nitrogens is 6. The third-order valence-electron chi connectivity index (χ3n) is 23.7. The van der Waals surface area contributed by atoms with Gasteiger partial charge in [-0.3, -0.25) is 33.7 Å². The number of hydrogen-bond donors (Lipinski definition) is 3. The smallest absolute Gasteiger partial charge is 0.391 e. The third kappa shape index (κ3) is 22.7. The average Bonchev–Trinajstić information content (AvgIpc) is 1.62. The summed E-state index contributed by atoms with van der Waals surface area (Å²) in [6.45, 7) is 21.3. The average molecular weight is 1920 g/mol. The molecule has 0 spiro atoms. The molecular formula is C98H100F7N9O14S5. The highest BCUT2D eigenvalue weighted by Gasteiger charge is 2.41. The van der Waals surface area contributed by atoms with Crippen LogP contribution < -0.4 is 24.7 Å². The van der Waals surface area contributed by atoms with Gasteiger partial charge in [0.1, 0.15) is 77.0 Å². The summed E-state index contributed by atoms with van der Waals surface area (Å²) in [7, 11) is 5.88. The fourth-order valence-electron chi connectivity index (χ4n) is 16.5. The van der Waals surface area contributed by atoms with Gasteiger partial charge in [-0.1, -0.05) is 0 Å². The molecule has 0 radical (unpaired) electrons. The molecule has 0 unspecified atom stereocenters. The lowest BCUT2D eigenvalue weighted by Crippen LogP contribution is -2.40. The van der Waals surface area contributed by atoms with Gasteiger partial charge in [-0.15, -0.1) is 56.7 Å². The fraction of sp³-hybridized carbons (Fsp3) is 0.337. The number of piperidine rings is 1. The number of pyridine rings is 1. The molecule has 14 heterocycles. The number of aliphatic carboxylic acids is 1. The Balaban J connectivity index is 0.000000134. The van der Waals surface area contributed by atoms with Crippen LogP contribution in [0.1, 0.15) is 137 Å². The minimum Gasteiger partial charge on any atom is -0.508 e. The summed E-state index contributed by atoms with van der Waals surface area (Å²) in [4.78, 5) is 90.6. The van der Waals surface area contributed by atoms with Crippen LogP contribution in [0.5, 0.6) is 28.9 Å². The number of carbonyl (C=O) groups excluding carboxylic acids is 5. The number of aryl methyl sites for hydroxylation is 6. The van der Waals surface area contributed by atoms with Gasteiger partial charge in [0.05, 0.1) is 88.6 Å². The quantitative estimate of drug-likeness (QED) is 0.0319. The van der Waals surface area contributed by atoms with E-state index in [2.05, 4.69) is 59.0 Å². The minimum atomic E-state index is -4.09. The summed E-state index contributed by atoms with van der Waals surface area (Å²) < 4.78 is 137. The van der Waals surface area contributed by atoms with E-state index in [9.17, 15) is 64.6 Å². The van der Waals surface area contributed by atoms with Crippen molar-refractivity contribution in [3.05, 3.63) is 256 Å². The largest absolute Gasteiger partial charge is 0.508 e. The summed E-state index contributed by atoms with van der Waals surface area (Å²) in [6.07, 6.45) is 0.708. The number of aromatic hydroxyl groups is 1. The van der Waals surface area contributed by atoms with Gasteiger partial charge in [0.2, 0.25) is 34.8 Å². The number of nitrogens with zero attached hydrogens (tertiary/aromatic N) is 8. The Labute approximate surface area is 781 Å². The number of phenols is 1. The van der Waals surface area contributed by atoms with E-state index in [-0.39, 0.29) is 59.4 Å². The van der Waals surface area contributed by atoms with Gasteiger partial charge in [0, 0.05) is 169 Å². The number of phenolic OH excluding ortho intramolecular Hbond substituents is 1. The molecule has 0 aliphatic carbocycles. The number of halogens is 7. The number of fused-ring (bicyclic) bond motifs is 5. The van der Waals surface area contributed by atoms with E-state index in [1.54, 1.807) is 66.3 Å². The fourth-order valence-corrected chi connectivity index (χ4v) is 22.3. The molecular weight excluding hydrogens is 1820 g/mol. The van der Waals surface area contributed by atoms with Crippen LogP contribution in [-0.4, -0.2) is 190 Å². The van der Waals surface area contributed by atoms with Crippen molar-refractivity contribution in [3.63, 3.8) is 0 Å². The van der Waals surface area contributed by atoms with E-state index in [4.69, 9.17) is 39.3 Å². The Morgan fingerprint density at radius 2 is 0.842 bits per heavy atom. The van der Waals surface area contributed by atoms with Crippen molar-refractivity contribution in [1.82, 2.24) is 37.6 Å². The Kier molecular flexibility index (Phi) is 31.6. The molecule has 3 fully saturated rings. The first kappa shape index (κ1) is 97.4. The minimum absolute atomic E-state index is 0.0201. The Hall–Kier alpha value is -11.6. The molecule has 3 saturated heterocycles. The van der Waals surface area contributed by atoms with Crippen LogP contribution in [0.4, 0.5) is 30.7 Å². The molecule has 133 heavy (non-hydrogen) atoms. The molecule has 3 aliphatic rings. The van der Waals surface area contributed by atoms with E-state index < -0.39 is 58.5 Å². The summed E-state index contributed by atoms with van der Waals surface area (Å²) in [5, 5.41) is 23.2. The highest BCUT2D eigenvalue weighted by molar-refractivity contribution is 7.22. The van der Waals surface area contributed by atoms with Gasteiger partial charge in [-0.2, -0.15) is 13.2 Å². The van der Waals surface area contributed by atoms with Gasteiger partial charge in [0.25, 0.3) is 0 Å². The number of carboxylic acids is 1. The number of morpholine rings is 1. The number of methoxy groups -OCH3 is 4. The van der Waals surface area contributed by atoms with E-state index in [1.165, 1.54) is 91.5 Å². The van der Waals surface area contributed by atoms with Crippen LogP contribution in [0.3, 0.4) is 0 Å². The zero-order valence-corrected chi connectivity index (χ0v) is 78.7. The highest BCUT2D eigenvalue weighted by Crippen LogP contribution is 2.40. The molecule has 3 aliphatic heterocycles. The maximum absolute atomic E-state index is 14.3. The summed E-state index contributed by atoms with van der Waals surface area (Å²) in [6, 6.07) is 39.5. The van der Waals surface area contributed by atoms with Crippen molar-refractivity contribution < 1.29 is 98.1 Å². The van der Waals surface area contributed by atoms with Gasteiger partial charge in [-0.05, 0) is 208 Å². The summed E-state index contributed by atoms with van der Waals surface area (Å²) >= 11 is 6.81. The van der Waals surface area contributed by atoms with Crippen molar-refractivity contribution >= 4 is 143 Å². The second-order valence-electron chi connectivity index (χ2n) is 32.6. The Bertz CT molecular complexity index is 6710. The second kappa shape index (κ2) is 43.1. The van der Waals surface area contributed by atoms with Crippen molar-refractivity contribution in [1.29, 1.82) is 0 Å². The molecule has 4 aromatic carbocycles. The maximum atomic E-state index is 14.3. The molecule has 700 valence electrons. The number of ketones is 5. The molecule has 4 N–H and O–H groups in total. The SMILES string of the molecule is COc1cc(F)c(C(=O)c2cc3cc(C)n(CC4CCOCC4)c3s2)c(F)c1.COc1ccc(C(=O)c2cc3cc(C)n(CC(=O)O)c3s2)c(F)c1.COc1ccc(C(=O)c2cc3cc(C)n(CCCN)c3s2)cc1.COc1ccc(C(=O)c2cc3cc(C)n(CCN4CCC(C(F)(F)F)CC4)c3s2)cn1.Cc1cc2cc(C(=O)c3ccc(O)cc3F)sc2n1CCN1CCOCC1. The van der Waals surface area contributed by atoms with Crippen molar-refractivity contribution in [2.75, 3.05) is 101 Å². The third-order valence-corrected chi connectivity index (χ3v) is 29.6. The Morgan fingerprint density at radius 1 is 0.436 bits per heavy atom. The maximum Gasteiger partial charge on any atom is 0.391 e. The number of ether oxygens (including phenoxy) is 6. The molecule has 18 rings (SSSR count). The van der Waals surface area contributed by atoms with E-state index in [1.807, 2.05) is 62.4 Å². The lowest BCUT2D eigenvalue weighted by molar-refractivity contribution is -0.185. The van der Waals surface area contributed by atoms with Gasteiger partial charge in [0.15, 0.2) is 0 Å². The lowest BCUT2D eigenvalue weighted by Gasteiger charge is -2.33. The zero-order valence-electron chi connectivity index (χ0n) is 74.6. The number of nitrogens with two attached hydrogens (primary N) is 1. The van der Waals surface area contributed by atoms with Crippen molar-refractivity contribution in [3.8, 4) is 28.9 Å². The van der Waals surface area contributed by atoms with Crippen LogP contribution >= 0.6 is 56.7 Å². The van der Waals surface area contributed by atoms with Gasteiger partial charge in [-0.25, -0.2) is 22.5 Å². The second-order valence-corrected chi connectivity index (χ2v) is 37.7. The Morgan fingerprint density at radius 3 is 1.29 bits per heavy atom. The first-order valence-corrected chi connectivity index (χ1v) is 47.2. The predicted octanol–water partition coefficient (Wildman–Crippen LogP) is 20.4. The van der Waals surface area contributed by atoms with Crippen LogP contribution in [0.25, 0.3) is 51.1 Å². The number of hydrogen-bond acceptors (Lipinski definition) is 22. The van der Waals surface area contributed by atoms with Crippen molar-refractivity contribution in [2.45, 2.75) is 106 Å². The molecule has 15 aromatic rings. The topological polar surface area (TPSA) is 268 Å². The summed E-state index contributed by atoms with van der Waals surface area (Å²) in [5.74, 6) is -4.87. The molecule has 0 atom stereocenters. The molecule has 23 nitrogen and oxygen atoms in total. The van der Waals surface area contributed by atoms with E-state index >= 15 is 0 Å². The summed E-state index contributed by atoms with van der Waals surface area (Å²) in [5.41, 5.74) is 11.6. The lowest BCUT2D eigenvalue weighted by atomic mass is 9.96. The molecule has 35 heteroatoms. The standard InChI is InChI=1S/C22H24F3N3O2S.C21H21F2NO3S.C20H21FN2O3S.C18H20N2O2S.C17H14FNO4S/c1-14-11-16-12-18(20(29)15-3-4-19(30-2)26-13-15)31-21(16)28(14)10-9-27-7-5-17(6-8-27)22(23,24)25;1-12-7-14-8-18(20(25)19-16(22)9-15(26-2)10-17(19)23)28-21(14)24(12)11-13-3-5-27-6-4-13;1-13-10-14-11-18(19(25)16-3-2-15(24)12-17(16)21)27-20(14)23(13)5-4-22-6-8-26-9-7-22;1-12-10-14-11-16(23-18(14)20(12)9-3-8-19)17(21)13-4-6-15(22-2)7-5-13;1-9-5-10-6-14(24-17(10)19(9)8-15(20)21)16(22)12-4-3-11(23-2)7-13(12)18/h3-4,11-13,17H,5-10H2,1-2H3;7-10,13H,3-6,11H2,1-2H3;2-3,10-12,24H,4-9H2,1H3;4-7,10-11H,3,8-9,19H2,1-2H3;3-7H,8H2,1-2H3,(H,20,21).